The van der Waals surface area contributed by atoms with E-state index in [0.717, 1.165) is 51.3 Å². The lowest BCUT2D eigenvalue weighted by Gasteiger charge is -2.26. The first-order valence-corrected chi connectivity index (χ1v) is 9.72. The van der Waals surface area contributed by atoms with Gasteiger partial charge in [0, 0.05) is 19.6 Å². The van der Waals surface area contributed by atoms with Crippen LogP contribution in [0.25, 0.3) is 6.08 Å². The number of rotatable bonds is 6. The Labute approximate surface area is 138 Å². The van der Waals surface area contributed by atoms with Crippen molar-refractivity contribution < 1.29 is 13.2 Å². The lowest BCUT2D eigenvalue weighted by Crippen LogP contribution is -2.38. The SMILES string of the molecule is O=S(=O)(NCCCN1CCOCC1)C1=Cc2ccccc2CC1. The summed E-state index contributed by atoms with van der Waals surface area (Å²) >= 11 is 0. The number of ether oxygens (including phenoxy) is 1. The van der Waals surface area contributed by atoms with E-state index < -0.39 is 10.0 Å². The molecule has 0 spiro atoms. The number of sulfonamides is 1. The molecule has 2 aliphatic rings. The molecule has 0 unspecified atom stereocenters. The Morgan fingerprint density at radius 1 is 1.13 bits per heavy atom. The molecule has 0 saturated carbocycles. The average molecular weight is 336 g/mol. The van der Waals surface area contributed by atoms with Crippen molar-refractivity contribution in [3.05, 3.63) is 40.3 Å². The smallest absolute Gasteiger partial charge is 0.236 e. The van der Waals surface area contributed by atoms with E-state index in [0.29, 0.717) is 17.9 Å². The predicted octanol–water partition coefficient (Wildman–Crippen LogP) is 1.62. The monoisotopic (exact) mass is 336 g/mol. The van der Waals surface area contributed by atoms with E-state index >= 15 is 0 Å². The maximum atomic E-state index is 12.4. The van der Waals surface area contributed by atoms with Gasteiger partial charge in [-0.25, -0.2) is 13.1 Å². The Kier molecular flexibility index (Phi) is 5.48. The third-order valence-electron chi connectivity index (χ3n) is 4.40. The highest BCUT2D eigenvalue weighted by molar-refractivity contribution is 7.93. The van der Waals surface area contributed by atoms with Gasteiger partial charge in [0.2, 0.25) is 10.0 Å². The van der Waals surface area contributed by atoms with Crippen molar-refractivity contribution in [3.8, 4) is 0 Å². The minimum Gasteiger partial charge on any atom is -0.379 e. The van der Waals surface area contributed by atoms with Crippen LogP contribution in [0.2, 0.25) is 0 Å². The van der Waals surface area contributed by atoms with Crippen LogP contribution < -0.4 is 4.72 Å². The molecule has 1 saturated heterocycles. The number of nitrogens with zero attached hydrogens (tertiary/aromatic N) is 1. The summed E-state index contributed by atoms with van der Waals surface area (Å²) in [7, 11) is -3.36. The highest BCUT2D eigenvalue weighted by Crippen LogP contribution is 2.26. The van der Waals surface area contributed by atoms with Gasteiger partial charge in [-0.05, 0) is 43.0 Å². The van der Waals surface area contributed by atoms with Gasteiger partial charge in [0.05, 0.1) is 18.1 Å². The van der Waals surface area contributed by atoms with Crippen molar-refractivity contribution in [2.24, 2.45) is 0 Å². The van der Waals surface area contributed by atoms with Crippen LogP contribution in [0.3, 0.4) is 0 Å². The summed E-state index contributed by atoms with van der Waals surface area (Å²) in [6, 6.07) is 7.98. The first-order valence-electron chi connectivity index (χ1n) is 8.23. The number of aryl methyl sites for hydroxylation is 1. The molecule has 1 aromatic carbocycles. The second kappa shape index (κ2) is 7.57. The molecule has 1 aromatic rings. The minimum absolute atomic E-state index is 0.485. The Morgan fingerprint density at radius 2 is 1.91 bits per heavy atom. The fraction of sp³-hybridized carbons (Fsp3) is 0.529. The highest BCUT2D eigenvalue weighted by atomic mass is 32.2. The summed E-state index contributed by atoms with van der Waals surface area (Å²) in [4.78, 5) is 2.82. The van der Waals surface area contributed by atoms with Crippen LogP contribution in [0, 0.1) is 0 Å². The van der Waals surface area contributed by atoms with E-state index in [1.165, 1.54) is 5.56 Å². The van der Waals surface area contributed by atoms with Crippen molar-refractivity contribution in [2.45, 2.75) is 19.3 Å². The van der Waals surface area contributed by atoms with E-state index in [4.69, 9.17) is 4.74 Å². The van der Waals surface area contributed by atoms with Crippen LogP contribution >= 0.6 is 0 Å². The molecule has 1 aliphatic heterocycles. The molecular formula is C17H24N2O3S. The first-order chi connectivity index (χ1) is 11.1. The molecule has 0 bridgehead atoms. The van der Waals surface area contributed by atoms with E-state index in [1.807, 2.05) is 24.3 Å². The van der Waals surface area contributed by atoms with Crippen LogP contribution in [0.1, 0.15) is 24.0 Å². The third kappa shape index (κ3) is 4.41. The lowest BCUT2D eigenvalue weighted by molar-refractivity contribution is 0.0376. The molecule has 23 heavy (non-hydrogen) atoms. The molecular weight excluding hydrogens is 312 g/mol. The van der Waals surface area contributed by atoms with Crippen LogP contribution in [0.5, 0.6) is 0 Å². The molecule has 1 heterocycles. The van der Waals surface area contributed by atoms with E-state index in [-0.39, 0.29) is 0 Å². The van der Waals surface area contributed by atoms with Crippen molar-refractivity contribution in [2.75, 3.05) is 39.4 Å². The number of benzene rings is 1. The summed E-state index contributed by atoms with van der Waals surface area (Å²) in [5.41, 5.74) is 2.24. The Balaban J connectivity index is 1.52. The van der Waals surface area contributed by atoms with Gasteiger partial charge in [-0.15, -0.1) is 0 Å². The summed E-state index contributed by atoms with van der Waals surface area (Å²) in [6.45, 7) is 4.83. The summed E-state index contributed by atoms with van der Waals surface area (Å²) in [5.74, 6) is 0. The number of fused-ring (bicyclic) bond motifs is 1. The molecule has 6 heteroatoms. The molecule has 126 valence electrons. The maximum absolute atomic E-state index is 12.4. The molecule has 0 atom stereocenters. The molecule has 1 aliphatic carbocycles. The highest BCUT2D eigenvalue weighted by Gasteiger charge is 2.21. The fourth-order valence-electron chi connectivity index (χ4n) is 3.04. The van der Waals surface area contributed by atoms with E-state index in [9.17, 15) is 8.42 Å². The Bertz CT molecular complexity index is 664. The largest absolute Gasteiger partial charge is 0.379 e. The van der Waals surface area contributed by atoms with Crippen molar-refractivity contribution in [1.82, 2.24) is 9.62 Å². The lowest BCUT2D eigenvalue weighted by atomic mass is 9.98. The summed E-state index contributed by atoms with van der Waals surface area (Å²) in [6.07, 6.45) is 4.00. The molecule has 1 fully saturated rings. The number of nitrogens with one attached hydrogen (secondary N) is 1. The Hall–Kier alpha value is -1.21. The molecule has 3 rings (SSSR count). The number of hydrogen-bond donors (Lipinski definition) is 1. The summed E-state index contributed by atoms with van der Waals surface area (Å²) < 4.78 is 32.9. The van der Waals surface area contributed by atoms with E-state index in [1.54, 1.807) is 0 Å². The number of morpholine rings is 1. The van der Waals surface area contributed by atoms with Gasteiger partial charge >= 0.3 is 0 Å². The topological polar surface area (TPSA) is 58.6 Å². The predicted molar refractivity (Wildman–Crippen MR) is 91.5 cm³/mol. The normalized spacial score (nSPS) is 19.2. The van der Waals surface area contributed by atoms with Gasteiger partial charge in [-0.2, -0.15) is 0 Å². The molecule has 1 N–H and O–H groups in total. The zero-order chi connectivity index (χ0) is 16.1. The molecule has 5 nitrogen and oxygen atoms in total. The van der Waals surface area contributed by atoms with Crippen molar-refractivity contribution >= 4 is 16.1 Å². The number of hydrogen-bond acceptors (Lipinski definition) is 4. The maximum Gasteiger partial charge on any atom is 0.236 e. The van der Waals surface area contributed by atoms with Gasteiger partial charge in [-0.1, -0.05) is 24.3 Å². The fourth-order valence-corrected chi connectivity index (χ4v) is 4.30. The quantitative estimate of drug-likeness (QED) is 0.802. The minimum atomic E-state index is -3.36. The Morgan fingerprint density at radius 3 is 2.74 bits per heavy atom. The van der Waals surface area contributed by atoms with E-state index in [2.05, 4.69) is 15.7 Å². The van der Waals surface area contributed by atoms with Crippen LogP contribution in [-0.2, 0) is 21.2 Å². The van der Waals surface area contributed by atoms with Gasteiger partial charge in [0.15, 0.2) is 0 Å². The molecule has 0 radical (unpaired) electrons. The second-order valence-electron chi connectivity index (χ2n) is 6.01. The van der Waals surface area contributed by atoms with Crippen molar-refractivity contribution in [1.29, 1.82) is 0 Å². The van der Waals surface area contributed by atoms with Gasteiger partial charge in [-0.3, -0.25) is 4.90 Å². The average Bonchev–Trinajstić information content (AvgIpc) is 2.59. The zero-order valence-corrected chi connectivity index (χ0v) is 14.1. The summed E-state index contributed by atoms with van der Waals surface area (Å²) in [5, 5.41) is 0. The zero-order valence-electron chi connectivity index (χ0n) is 13.3. The van der Waals surface area contributed by atoms with Crippen LogP contribution in [-0.4, -0.2) is 52.7 Å². The third-order valence-corrected chi connectivity index (χ3v) is 6.00. The standard InChI is InChI=1S/C17H24N2O3S/c20-23(21,18-8-3-9-19-10-12-22-13-11-19)17-7-6-15-4-1-2-5-16(15)14-17/h1-2,4-5,14,18H,3,6-13H2. The second-order valence-corrected chi connectivity index (χ2v) is 7.83. The van der Waals surface area contributed by atoms with Gasteiger partial charge < -0.3 is 4.74 Å². The van der Waals surface area contributed by atoms with Gasteiger partial charge in [0.25, 0.3) is 0 Å². The van der Waals surface area contributed by atoms with Crippen LogP contribution in [0.4, 0.5) is 0 Å². The van der Waals surface area contributed by atoms with Crippen molar-refractivity contribution in [3.63, 3.8) is 0 Å². The molecule has 0 amide bonds. The molecule has 0 aromatic heterocycles. The first kappa shape index (κ1) is 16.6. The number of allylic oxidation sites excluding steroid dienone is 1. The van der Waals surface area contributed by atoms with Gasteiger partial charge in [0.1, 0.15) is 0 Å². The van der Waals surface area contributed by atoms with Crippen LogP contribution in [0.15, 0.2) is 29.2 Å².